The van der Waals surface area contributed by atoms with E-state index in [4.69, 9.17) is 0 Å². The predicted octanol–water partition coefficient (Wildman–Crippen LogP) is 2.70. The van der Waals surface area contributed by atoms with E-state index in [1.165, 1.54) is 30.4 Å². The summed E-state index contributed by atoms with van der Waals surface area (Å²) in [5.74, 6) is 1.04. The maximum Gasteiger partial charge on any atom is 0.236 e. The summed E-state index contributed by atoms with van der Waals surface area (Å²) in [5.41, 5.74) is 2.48. The molecule has 136 valence electrons. The van der Waals surface area contributed by atoms with E-state index in [0.717, 1.165) is 25.6 Å². The lowest BCUT2D eigenvalue weighted by Gasteiger charge is -2.32. The van der Waals surface area contributed by atoms with Crippen LogP contribution in [-0.2, 0) is 11.3 Å². The van der Waals surface area contributed by atoms with E-state index in [1.807, 2.05) is 31.1 Å². The molecule has 0 atom stereocenters. The van der Waals surface area contributed by atoms with Gasteiger partial charge in [0, 0.05) is 13.6 Å². The maximum absolute atomic E-state index is 12.5. The van der Waals surface area contributed by atoms with Gasteiger partial charge in [-0.3, -0.25) is 9.69 Å². The number of piperidine rings is 1. The molecule has 1 aliphatic heterocycles. The van der Waals surface area contributed by atoms with Crippen molar-refractivity contribution in [1.29, 1.82) is 0 Å². The van der Waals surface area contributed by atoms with Crippen LogP contribution >= 0.6 is 12.4 Å². The second-order valence-corrected chi connectivity index (χ2v) is 6.79. The molecule has 1 aromatic carbocycles. The Labute approximate surface area is 153 Å². The number of hydrogen-bond acceptors (Lipinski definition) is 3. The summed E-state index contributed by atoms with van der Waals surface area (Å²) >= 11 is 0. The number of amides is 1. The molecule has 1 N–H and O–H groups in total. The van der Waals surface area contributed by atoms with Crippen molar-refractivity contribution >= 4 is 18.3 Å². The summed E-state index contributed by atoms with van der Waals surface area (Å²) in [5, 5.41) is 3.23. The van der Waals surface area contributed by atoms with E-state index in [2.05, 4.69) is 29.3 Å². The molecule has 0 aromatic heterocycles. The zero-order valence-electron chi connectivity index (χ0n) is 15.3. The highest BCUT2D eigenvalue weighted by molar-refractivity contribution is 5.85. The van der Waals surface area contributed by atoms with Crippen LogP contribution in [0.5, 0.6) is 0 Å². The van der Waals surface area contributed by atoms with Crippen molar-refractivity contribution in [2.75, 3.05) is 40.3 Å². The van der Waals surface area contributed by atoms with Gasteiger partial charge in [-0.05, 0) is 69.9 Å². The van der Waals surface area contributed by atoms with E-state index in [-0.39, 0.29) is 18.3 Å². The smallest absolute Gasteiger partial charge is 0.236 e. The molecule has 0 radical (unpaired) electrons. The molecule has 1 aliphatic rings. The molecule has 24 heavy (non-hydrogen) atoms. The first-order valence-electron chi connectivity index (χ1n) is 8.75. The van der Waals surface area contributed by atoms with Crippen LogP contribution in [0.4, 0.5) is 0 Å². The van der Waals surface area contributed by atoms with Crippen molar-refractivity contribution in [2.45, 2.75) is 32.7 Å². The van der Waals surface area contributed by atoms with Crippen LogP contribution in [0.1, 0.15) is 30.4 Å². The number of carbonyl (C=O) groups is 1. The summed E-state index contributed by atoms with van der Waals surface area (Å²) in [7, 11) is 3.92. The Kier molecular flexibility index (Phi) is 9.34. The van der Waals surface area contributed by atoms with Crippen LogP contribution in [-0.4, -0.2) is 56.0 Å². The van der Waals surface area contributed by atoms with E-state index in [1.54, 1.807) is 0 Å². The fraction of sp³-hybridized carbons (Fsp3) is 0.632. The van der Waals surface area contributed by atoms with Crippen LogP contribution in [0.2, 0.25) is 0 Å². The number of carbonyl (C=O) groups excluding carboxylic acids is 1. The minimum Gasteiger partial charge on any atom is -0.340 e. The molecular formula is C19H32ClN3O. The first-order chi connectivity index (χ1) is 11.1. The number of benzene rings is 1. The number of nitrogens with one attached hydrogen (secondary N) is 1. The highest BCUT2D eigenvalue weighted by Gasteiger charge is 2.21. The Morgan fingerprint density at radius 3 is 2.58 bits per heavy atom. The summed E-state index contributed by atoms with van der Waals surface area (Å²) in [6, 6.07) is 8.28. The van der Waals surface area contributed by atoms with Gasteiger partial charge >= 0.3 is 0 Å². The molecule has 4 nitrogen and oxygen atoms in total. The average Bonchev–Trinajstić information content (AvgIpc) is 2.56. The van der Waals surface area contributed by atoms with Crippen molar-refractivity contribution in [3.05, 3.63) is 35.4 Å². The van der Waals surface area contributed by atoms with Gasteiger partial charge < -0.3 is 10.2 Å². The van der Waals surface area contributed by atoms with Crippen molar-refractivity contribution in [3.63, 3.8) is 0 Å². The largest absolute Gasteiger partial charge is 0.340 e. The second-order valence-electron chi connectivity index (χ2n) is 6.79. The van der Waals surface area contributed by atoms with Crippen molar-refractivity contribution in [1.82, 2.24) is 15.1 Å². The van der Waals surface area contributed by atoms with Gasteiger partial charge in [0.1, 0.15) is 0 Å². The van der Waals surface area contributed by atoms with E-state index < -0.39 is 0 Å². The fourth-order valence-corrected chi connectivity index (χ4v) is 3.22. The first-order valence-corrected chi connectivity index (χ1v) is 8.75. The highest BCUT2D eigenvalue weighted by Crippen LogP contribution is 2.20. The molecule has 0 aliphatic carbocycles. The summed E-state index contributed by atoms with van der Waals surface area (Å²) in [4.78, 5) is 16.6. The van der Waals surface area contributed by atoms with Gasteiger partial charge in [-0.15, -0.1) is 12.4 Å². The number of rotatable bonds is 7. The molecule has 0 bridgehead atoms. The van der Waals surface area contributed by atoms with E-state index in [0.29, 0.717) is 13.1 Å². The minimum absolute atomic E-state index is 0. The number of hydrogen-bond donors (Lipinski definition) is 1. The van der Waals surface area contributed by atoms with Crippen LogP contribution < -0.4 is 5.32 Å². The lowest BCUT2D eigenvalue weighted by molar-refractivity contribution is -0.132. The number of aryl methyl sites for hydroxylation is 1. The molecule has 1 heterocycles. The van der Waals surface area contributed by atoms with Gasteiger partial charge in [0.05, 0.1) is 6.54 Å². The van der Waals surface area contributed by atoms with Gasteiger partial charge in [-0.25, -0.2) is 0 Å². The van der Waals surface area contributed by atoms with Crippen LogP contribution in [0.15, 0.2) is 24.3 Å². The van der Waals surface area contributed by atoms with Crippen LogP contribution in [0, 0.1) is 12.8 Å². The van der Waals surface area contributed by atoms with Crippen molar-refractivity contribution < 1.29 is 4.79 Å². The molecule has 2 rings (SSSR count). The molecule has 1 aromatic rings. The number of likely N-dealkylation sites (N-methyl/N-ethyl adjacent to an activating group) is 1. The third kappa shape index (κ3) is 6.42. The zero-order valence-corrected chi connectivity index (χ0v) is 16.1. The Hall–Kier alpha value is -1.10. The molecular weight excluding hydrogens is 322 g/mol. The second kappa shape index (κ2) is 10.7. The van der Waals surface area contributed by atoms with Crippen molar-refractivity contribution in [2.24, 2.45) is 5.92 Å². The molecule has 1 fully saturated rings. The van der Waals surface area contributed by atoms with Gasteiger partial charge in [0.25, 0.3) is 0 Å². The molecule has 1 saturated heterocycles. The fourth-order valence-electron chi connectivity index (χ4n) is 3.22. The van der Waals surface area contributed by atoms with Crippen LogP contribution in [0.25, 0.3) is 0 Å². The normalized spacial score (nSPS) is 15.8. The Morgan fingerprint density at radius 1 is 1.29 bits per heavy atom. The maximum atomic E-state index is 12.5. The SMILES string of the molecule is CNCCC1CCN(CC(=O)N(C)Cc2ccccc2C)CC1.Cl. The topological polar surface area (TPSA) is 35.6 Å². The van der Waals surface area contributed by atoms with Gasteiger partial charge in [0.2, 0.25) is 5.91 Å². The van der Waals surface area contributed by atoms with Gasteiger partial charge in [-0.2, -0.15) is 0 Å². The Morgan fingerprint density at radius 2 is 1.96 bits per heavy atom. The summed E-state index contributed by atoms with van der Waals surface area (Å²) in [6.45, 7) is 6.56. The Balaban J connectivity index is 0.00000288. The third-order valence-corrected chi connectivity index (χ3v) is 4.96. The lowest BCUT2D eigenvalue weighted by atomic mass is 9.93. The van der Waals surface area contributed by atoms with Gasteiger partial charge in [0.15, 0.2) is 0 Å². The monoisotopic (exact) mass is 353 g/mol. The third-order valence-electron chi connectivity index (χ3n) is 4.96. The van der Waals surface area contributed by atoms with E-state index in [9.17, 15) is 4.79 Å². The quantitative estimate of drug-likeness (QED) is 0.818. The Bertz CT molecular complexity index is 501. The summed E-state index contributed by atoms with van der Waals surface area (Å²) < 4.78 is 0. The number of halogens is 1. The number of likely N-dealkylation sites (tertiary alicyclic amines) is 1. The minimum atomic E-state index is 0. The van der Waals surface area contributed by atoms with Gasteiger partial charge in [-0.1, -0.05) is 24.3 Å². The predicted molar refractivity (Wildman–Crippen MR) is 103 cm³/mol. The highest BCUT2D eigenvalue weighted by atomic mass is 35.5. The average molecular weight is 354 g/mol. The van der Waals surface area contributed by atoms with E-state index >= 15 is 0 Å². The van der Waals surface area contributed by atoms with Crippen LogP contribution in [0.3, 0.4) is 0 Å². The number of nitrogens with zero attached hydrogens (tertiary/aromatic N) is 2. The molecule has 1 amide bonds. The summed E-state index contributed by atoms with van der Waals surface area (Å²) in [6.07, 6.45) is 3.69. The molecule has 0 saturated carbocycles. The van der Waals surface area contributed by atoms with Crippen molar-refractivity contribution in [3.8, 4) is 0 Å². The zero-order chi connectivity index (χ0) is 16.7. The first kappa shape index (κ1) is 20.9. The standard InChI is InChI=1S/C19H31N3O.ClH/c1-16-6-4-5-7-18(16)14-21(3)19(23)15-22-12-9-17(10-13-22)8-11-20-2;/h4-7,17,20H,8-15H2,1-3H3;1H. The molecule has 5 heteroatoms. The molecule has 0 spiro atoms. The lowest BCUT2D eigenvalue weighted by Crippen LogP contribution is -2.42. The molecule has 0 unspecified atom stereocenters.